The summed E-state index contributed by atoms with van der Waals surface area (Å²) in [5, 5.41) is 7.50. The van der Waals surface area contributed by atoms with E-state index in [-0.39, 0.29) is 10.7 Å². The zero-order chi connectivity index (χ0) is 15.6. The SMILES string of the molecule is COc1ncc(C(=O)N(C)c2nncs2)cc1C(F)(F)F. The third-order valence-corrected chi connectivity index (χ3v) is 3.30. The molecule has 0 aliphatic heterocycles. The van der Waals surface area contributed by atoms with Crippen molar-refractivity contribution >= 4 is 22.4 Å². The van der Waals surface area contributed by atoms with Gasteiger partial charge in [0.2, 0.25) is 11.0 Å². The van der Waals surface area contributed by atoms with Gasteiger partial charge in [-0.2, -0.15) is 13.2 Å². The Morgan fingerprint density at radius 2 is 2.14 bits per heavy atom. The fourth-order valence-corrected chi connectivity index (χ4v) is 2.05. The Bertz CT molecular complexity index is 645. The Morgan fingerprint density at radius 3 is 2.67 bits per heavy atom. The van der Waals surface area contributed by atoms with E-state index in [1.807, 2.05) is 0 Å². The Hall–Kier alpha value is -2.23. The second kappa shape index (κ2) is 5.64. The first kappa shape index (κ1) is 15.2. The van der Waals surface area contributed by atoms with E-state index in [0.29, 0.717) is 6.07 Å². The van der Waals surface area contributed by atoms with Crippen molar-refractivity contribution in [2.45, 2.75) is 6.18 Å². The predicted molar refractivity (Wildman–Crippen MR) is 68.4 cm³/mol. The topological polar surface area (TPSA) is 68.2 Å². The number of hydrogen-bond acceptors (Lipinski definition) is 6. The first-order chi connectivity index (χ1) is 9.84. The van der Waals surface area contributed by atoms with E-state index < -0.39 is 23.5 Å². The number of halogens is 3. The van der Waals surface area contributed by atoms with Crippen LogP contribution in [0, 0.1) is 0 Å². The minimum atomic E-state index is -4.67. The van der Waals surface area contributed by atoms with Gasteiger partial charge < -0.3 is 4.74 Å². The summed E-state index contributed by atoms with van der Waals surface area (Å²) in [5.74, 6) is -1.26. The van der Waals surface area contributed by atoms with Crippen molar-refractivity contribution in [2.24, 2.45) is 0 Å². The first-order valence-corrected chi connectivity index (χ1v) is 6.38. The molecule has 0 N–H and O–H groups in total. The number of anilines is 1. The quantitative estimate of drug-likeness (QED) is 0.868. The number of carbonyl (C=O) groups excluding carboxylic acids is 1. The Labute approximate surface area is 121 Å². The summed E-state index contributed by atoms with van der Waals surface area (Å²) >= 11 is 1.09. The van der Waals surface area contributed by atoms with Gasteiger partial charge in [0.1, 0.15) is 11.1 Å². The van der Waals surface area contributed by atoms with Gasteiger partial charge in [0, 0.05) is 13.2 Å². The maximum absolute atomic E-state index is 12.9. The molecule has 0 atom stereocenters. The zero-order valence-electron chi connectivity index (χ0n) is 10.9. The lowest BCUT2D eigenvalue weighted by molar-refractivity contribution is -0.139. The molecule has 1 amide bonds. The maximum Gasteiger partial charge on any atom is 0.421 e. The van der Waals surface area contributed by atoms with Gasteiger partial charge in [-0.1, -0.05) is 11.3 Å². The fraction of sp³-hybridized carbons (Fsp3) is 0.273. The highest BCUT2D eigenvalue weighted by Gasteiger charge is 2.36. The summed E-state index contributed by atoms with van der Waals surface area (Å²) in [4.78, 5) is 16.8. The second-order valence-electron chi connectivity index (χ2n) is 3.86. The van der Waals surface area contributed by atoms with E-state index in [2.05, 4.69) is 19.9 Å². The highest BCUT2D eigenvalue weighted by Crippen LogP contribution is 2.35. The molecule has 0 bridgehead atoms. The molecule has 0 saturated heterocycles. The number of ether oxygens (including phenoxy) is 1. The van der Waals surface area contributed by atoms with Gasteiger partial charge in [-0.3, -0.25) is 9.69 Å². The summed E-state index contributed by atoms with van der Waals surface area (Å²) in [6.07, 6.45) is -3.65. The minimum absolute atomic E-state index is 0.221. The van der Waals surface area contributed by atoms with Crippen molar-refractivity contribution in [3.8, 4) is 5.88 Å². The molecule has 2 aromatic rings. The average molecular weight is 318 g/mol. The number of methoxy groups -OCH3 is 1. The predicted octanol–water partition coefficient (Wildman–Crippen LogP) is 2.24. The Kier molecular flexibility index (Phi) is 4.07. The highest BCUT2D eigenvalue weighted by atomic mass is 32.1. The molecule has 0 spiro atoms. The maximum atomic E-state index is 12.9. The van der Waals surface area contributed by atoms with E-state index in [4.69, 9.17) is 0 Å². The van der Waals surface area contributed by atoms with Gasteiger partial charge in [0.25, 0.3) is 5.91 Å². The fourth-order valence-electron chi connectivity index (χ4n) is 1.53. The van der Waals surface area contributed by atoms with Crippen molar-refractivity contribution in [1.82, 2.24) is 15.2 Å². The summed E-state index contributed by atoms with van der Waals surface area (Å²) in [6.45, 7) is 0. The molecule has 2 rings (SSSR count). The molecule has 10 heteroatoms. The van der Waals surface area contributed by atoms with Crippen molar-refractivity contribution in [3.63, 3.8) is 0 Å². The van der Waals surface area contributed by atoms with Crippen LogP contribution in [0.25, 0.3) is 0 Å². The van der Waals surface area contributed by atoms with Crippen LogP contribution in [0.3, 0.4) is 0 Å². The largest absolute Gasteiger partial charge is 0.481 e. The van der Waals surface area contributed by atoms with Crippen molar-refractivity contribution < 1.29 is 22.7 Å². The van der Waals surface area contributed by atoms with Gasteiger partial charge in [0.15, 0.2) is 0 Å². The highest BCUT2D eigenvalue weighted by molar-refractivity contribution is 7.13. The molecule has 0 unspecified atom stereocenters. The van der Waals surface area contributed by atoms with E-state index in [9.17, 15) is 18.0 Å². The van der Waals surface area contributed by atoms with Crippen LogP contribution >= 0.6 is 11.3 Å². The monoisotopic (exact) mass is 318 g/mol. The molecule has 0 aliphatic carbocycles. The lowest BCUT2D eigenvalue weighted by Gasteiger charge is -2.15. The number of amides is 1. The van der Waals surface area contributed by atoms with Crippen LogP contribution in [0.5, 0.6) is 5.88 Å². The van der Waals surface area contributed by atoms with Gasteiger partial charge in [0.05, 0.1) is 12.7 Å². The van der Waals surface area contributed by atoms with Crippen LogP contribution < -0.4 is 9.64 Å². The third kappa shape index (κ3) is 3.10. The van der Waals surface area contributed by atoms with Crippen LogP contribution in [0.2, 0.25) is 0 Å². The van der Waals surface area contributed by atoms with E-state index in [1.54, 1.807) is 0 Å². The Balaban J connectivity index is 2.39. The van der Waals surface area contributed by atoms with Crippen molar-refractivity contribution in [1.29, 1.82) is 0 Å². The molecular formula is C11H9F3N4O2S. The lowest BCUT2D eigenvalue weighted by atomic mass is 10.1. The summed E-state index contributed by atoms with van der Waals surface area (Å²) < 4.78 is 43.2. The van der Waals surface area contributed by atoms with Crippen LogP contribution in [-0.2, 0) is 6.18 Å². The zero-order valence-corrected chi connectivity index (χ0v) is 11.7. The van der Waals surface area contributed by atoms with Crippen molar-refractivity contribution in [3.05, 3.63) is 28.9 Å². The number of rotatable bonds is 3. The molecule has 6 nitrogen and oxygen atoms in total. The summed E-state index contributed by atoms with van der Waals surface area (Å²) in [5.41, 5.74) is 0.0781. The second-order valence-corrected chi connectivity index (χ2v) is 4.68. The molecule has 0 aliphatic rings. The lowest BCUT2D eigenvalue weighted by Crippen LogP contribution is -2.26. The molecule has 0 saturated carbocycles. The van der Waals surface area contributed by atoms with Crippen LogP contribution in [0.1, 0.15) is 15.9 Å². The van der Waals surface area contributed by atoms with Gasteiger partial charge in [-0.15, -0.1) is 10.2 Å². The molecule has 0 radical (unpaired) electrons. The number of aromatic nitrogens is 3. The van der Waals surface area contributed by atoms with E-state index in [0.717, 1.165) is 29.5 Å². The van der Waals surface area contributed by atoms with Crippen LogP contribution in [0.15, 0.2) is 17.8 Å². The average Bonchev–Trinajstić information content (AvgIpc) is 2.98. The van der Waals surface area contributed by atoms with Crippen LogP contribution in [-0.4, -0.2) is 35.2 Å². The van der Waals surface area contributed by atoms with E-state index in [1.165, 1.54) is 12.6 Å². The Morgan fingerprint density at radius 1 is 1.43 bits per heavy atom. The van der Waals surface area contributed by atoms with Gasteiger partial charge in [-0.25, -0.2) is 4.98 Å². The molecular weight excluding hydrogens is 309 g/mol. The smallest absolute Gasteiger partial charge is 0.421 e. The number of pyridine rings is 1. The number of carbonyl (C=O) groups is 1. The van der Waals surface area contributed by atoms with Gasteiger partial charge in [-0.05, 0) is 6.07 Å². The summed E-state index contributed by atoms with van der Waals surface area (Å²) in [6, 6.07) is 0.700. The molecule has 0 fully saturated rings. The molecule has 0 aromatic carbocycles. The summed E-state index contributed by atoms with van der Waals surface area (Å²) in [7, 11) is 2.47. The van der Waals surface area contributed by atoms with Crippen molar-refractivity contribution in [2.75, 3.05) is 19.1 Å². The number of nitrogens with zero attached hydrogens (tertiary/aromatic N) is 4. The standard InChI is InChI=1S/C11H9F3N4O2S/c1-18(10-17-16-5-21-10)9(19)6-3-7(11(12,13)14)8(20-2)15-4-6/h3-5H,1-2H3. The van der Waals surface area contributed by atoms with Gasteiger partial charge >= 0.3 is 6.18 Å². The molecule has 21 heavy (non-hydrogen) atoms. The molecule has 2 aromatic heterocycles. The normalized spacial score (nSPS) is 11.3. The number of alkyl halides is 3. The molecule has 112 valence electrons. The first-order valence-electron chi connectivity index (χ1n) is 5.50. The van der Waals surface area contributed by atoms with Crippen LogP contribution in [0.4, 0.5) is 18.3 Å². The van der Waals surface area contributed by atoms with E-state index >= 15 is 0 Å². The number of hydrogen-bond donors (Lipinski definition) is 0. The third-order valence-electron chi connectivity index (χ3n) is 2.54. The minimum Gasteiger partial charge on any atom is -0.481 e. The molecule has 2 heterocycles.